The van der Waals surface area contributed by atoms with Crippen molar-refractivity contribution in [1.29, 1.82) is 0 Å². The Morgan fingerprint density at radius 2 is 1.64 bits per heavy atom. The third-order valence-electron chi connectivity index (χ3n) is 6.76. The topological polar surface area (TPSA) is 76.2 Å². The minimum atomic E-state index is -0.742. The quantitative estimate of drug-likeness (QED) is 0.400. The number of methoxy groups -OCH3 is 1. The number of ether oxygens (including phenoxy) is 2. The third kappa shape index (κ3) is 4.73. The monoisotopic (exact) mass is 504 g/mol. The number of nitrogens with zero attached hydrogens (tertiary/aromatic N) is 2. The van der Waals surface area contributed by atoms with Crippen molar-refractivity contribution in [2.45, 2.75) is 38.3 Å². The van der Waals surface area contributed by atoms with Crippen molar-refractivity contribution in [3.8, 4) is 11.5 Å². The molecule has 2 aliphatic rings. The normalized spacial score (nSPS) is 16.1. The Hall–Kier alpha value is -3.65. The summed E-state index contributed by atoms with van der Waals surface area (Å²) < 4.78 is 11.6. The molecule has 1 aromatic heterocycles. The van der Waals surface area contributed by atoms with Gasteiger partial charge in [-0.05, 0) is 42.5 Å². The number of fused-ring (bicyclic) bond motifs is 1. The summed E-state index contributed by atoms with van der Waals surface area (Å²) in [6, 6.07) is 14.4. The van der Waals surface area contributed by atoms with E-state index in [9.17, 15) is 14.4 Å². The second-order valence-corrected chi connectivity index (χ2v) is 9.77. The van der Waals surface area contributed by atoms with Gasteiger partial charge in [0, 0.05) is 23.8 Å². The summed E-state index contributed by atoms with van der Waals surface area (Å²) in [7, 11) is 1.55. The van der Waals surface area contributed by atoms with Crippen LogP contribution in [0, 0.1) is 0 Å². The van der Waals surface area contributed by atoms with E-state index in [4.69, 9.17) is 9.47 Å². The maximum atomic E-state index is 13.3. The fourth-order valence-electron chi connectivity index (χ4n) is 4.81. The van der Waals surface area contributed by atoms with Crippen LogP contribution < -0.4 is 9.47 Å². The van der Waals surface area contributed by atoms with Crippen LogP contribution in [0.3, 0.4) is 0 Å². The largest absolute Gasteiger partial charge is 0.493 e. The smallest absolute Gasteiger partial charge is 0.262 e. The van der Waals surface area contributed by atoms with Gasteiger partial charge < -0.3 is 14.4 Å². The number of imide groups is 1. The molecule has 5 rings (SSSR count). The maximum Gasteiger partial charge on any atom is 0.262 e. The van der Waals surface area contributed by atoms with Crippen molar-refractivity contribution >= 4 is 29.1 Å². The summed E-state index contributed by atoms with van der Waals surface area (Å²) in [6.07, 6.45) is 3.07. The van der Waals surface area contributed by atoms with Crippen LogP contribution in [0.4, 0.5) is 0 Å². The molecule has 0 radical (unpaired) electrons. The lowest BCUT2D eigenvalue weighted by Crippen LogP contribution is -2.41. The minimum Gasteiger partial charge on any atom is -0.493 e. The number of hydrogen-bond acceptors (Lipinski definition) is 6. The third-order valence-corrected chi connectivity index (χ3v) is 7.50. The second kappa shape index (κ2) is 10.5. The predicted octanol–water partition coefficient (Wildman–Crippen LogP) is 5.08. The summed E-state index contributed by atoms with van der Waals surface area (Å²) in [5.74, 6) is 0.237. The fraction of sp³-hybridized carbons (Fsp3) is 0.321. The Morgan fingerprint density at radius 3 is 2.31 bits per heavy atom. The Morgan fingerprint density at radius 1 is 0.944 bits per heavy atom. The van der Waals surface area contributed by atoms with Gasteiger partial charge >= 0.3 is 0 Å². The summed E-state index contributed by atoms with van der Waals surface area (Å²) in [5, 5.41) is 3.39. The van der Waals surface area contributed by atoms with Gasteiger partial charge in [-0.2, -0.15) is 11.3 Å². The fourth-order valence-corrected chi connectivity index (χ4v) is 5.60. The lowest BCUT2D eigenvalue weighted by atomic mass is 9.99. The molecule has 36 heavy (non-hydrogen) atoms. The van der Waals surface area contributed by atoms with Gasteiger partial charge in [-0.25, -0.2) is 0 Å². The molecule has 0 aliphatic carbocycles. The number of carbonyl (C=O) groups is 3. The van der Waals surface area contributed by atoms with Crippen LogP contribution in [-0.2, 0) is 11.4 Å². The van der Waals surface area contributed by atoms with Gasteiger partial charge in [0.1, 0.15) is 6.61 Å². The predicted molar refractivity (Wildman–Crippen MR) is 136 cm³/mol. The van der Waals surface area contributed by atoms with Crippen molar-refractivity contribution in [2.24, 2.45) is 0 Å². The Balaban J connectivity index is 1.44. The Kier molecular flexibility index (Phi) is 7.04. The SMILES string of the molecule is COc1cc(C(CC(=O)N2CCCCC2)N2C(=O)c3cscc3C2=O)ccc1OCc1ccccc1. The van der Waals surface area contributed by atoms with E-state index in [1.165, 1.54) is 16.2 Å². The van der Waals surface area contributed by atoms with E-state index in [-0.39, 0.29) is 24.1 Å². The average molecular weight is 505 g/mol. The molecule has 3 aromatic rings. The lowest BCUT2D eigenvalue weighted by Gasteiger charge is -2.31. The molecule has 1 unspecified atom stereocenters. The van der Waals surface area contributed by atoms with Crippen LogP contribution >= 0.6 is 11.3 Å². The van der Waals surface area contributed by atoms with Crippen molar-refractivity contribution in [1.82, 2.24) is 9.80 Å². The Bertz CT molecular complexity index is 1240. The van der Waals surface area contributed by atoms with Gasteiger partial charge in [0.2, 0.25) is 5.91 Å². The number of hydrogen-bond donors (Lipinski definition) is 0. The molecule has 1 fully saturated rings. The van der Waals surface area contributed by atoms with Crippen LogP contribution in [0.2, 0.25) is 0 Å². The first-order valence-corrected chi connectivity index (χ1v) is 13.1. The molecule has 8 heteroatoms. The van der Waals surface area contributed by atoms with Gasteiger partial charge in [-0.1, -0.05) is 36.4 Å². The highest BCUT2D eigenvalue weighted by Crippen LogP contribution is 2.39. The maximum absolute atomic E-state index is 13.3. The molecule has 2 aromatic carbocycles. The van der Waals surface area contributed by atoms with E-state index in [2.05, 4.69) is 0 Å². The molecule has 3 amide bonds. The van der Waals surface area contributed by atoms with E-state index < -0.39 is 6.04 Å². The molecule has 0 bridgehead atoms. The number of amides is 3. The molecule has 1 saturated heterocycles. The number of likely N-dealkylation sites (tertiary alicyclic amines) is 1. The van der Waals surface area contributed by atoms with Gasteiger partial charge in [0.15, 0.2) is 11.5 Å². The van der Waals surface area contributed by atoms with Crippen molar-refractivity contribution < 1.29 is 23.9 Å². The van der Waals surface area contributed by atoms with Crippen molar-refractivity contribution in [2.75, 3.05) is 20.2 Å². The van der Waals surface area contributed by atoms with Crippen molar-refractivity contribution in [3.05, 3.63) is 81.5 Å². The molecule has 0 N–H and O–H groups in total. The van der Waals surface area contributed by atoms with Crippen molar-refractivity contribution in [3.63, 3.8) is 0 Å². The number of piperidine rings is 1. The van der Waals surface area contributed by atoms with Gasteiger partial charge in [0.05, 0.1) is 30.7 Å². The summed E-state index contributed by atoms with van der Waals surface area (Å²) in [5.41, 5.74) is 2.47. The standard InChI is InChI=1S/C28H28N2O5S/c1-34-25-14-20(10-11-24(25)35-16-19-8-4-2-5-9-19)23(15-26(31)29-12-6-3-7-13-29)30-27(32)21-17-36-18-22(21)28(30)33/h2,4-5,8-11,14,17-18,23H,3,6-7,12-13,15-16H2,1H3. The molecule has 186 valence electrons. The highest BCUT2D eigenvalue weighted by atomic mass is 32.1. The number of thiophene rings is 1. The molecule has 1 atom stereocenters. The summed E-state index contributed by atoms with van der Waals surface area (Å²) >= 11 is 1.33. The molecule has 3 heterocycles. The molecule has 7 nitrogen and oxygen atoms in total. The Labute approximate surface area is 214 Å². The first-order valence-electron chi connectivity index (χ1n) is 12.1. The number of carbonyl (C=O) groups excluding carboxylic acids is 3. The average Bonchev–Trinajstić information content (AvgIpc) is 3.50. The zero-order valence-corrected chi connectivity index (χ0v) is 21.0. The number of rotatable bonds is 8. The highest BCUT2D eigenvalue weighted by Gasteiger charge is 2.42. The van der Waals surface area contributed by atoms with Gasteiger partial charge in [0.25, 0.3) is 11.8 Å². The van der Waals surface area contributed by atoms with Gasteiger partial charge in [-0.3, -0.25) is 19.3 Å². The van der Waals surface area contributed by atoms with E-state index in [1.54, 1.807) is 30.0 Å². The van der Waals surface area contributed by atoms with E-state index in [0.29, 0.717) is 47.9 Å². The first-order chi connectivity index (χ1) is 17.6. The lowest BCUT2D eigenvalue weighted by molar-refractivity contribution is -0.133. The minimum absolute atomic E-state index is 0.0263. The van der Waals surface area contributed by atoms with Crippen LogP contribution in [0.1, 0.15) is 63.6 Å². The molecule has 2 aliphatic heterocycles. The summed E-state index contributed by atoms with van der Waals surface area (Å²) in [6.45, 7) is 1.78. The zero-order chi connectivity index (χ0) is 25.1. The first kappa shape index (κ1) is 24.1. The van der Waals surface area contributed by atoms with Crippen LogP contribution in [0.25, 0.3) is 0 Å². The van der Waals surface area contributed by atoms with E-state index in [0.717, 1.165) is 24.8 Å². The molecule has 0 saturated carbocycles. The van der Waals surface area contributed by atoms with Gasteiger partial charge in [-0.15, -0.1) is 0 Å². The van der Waals surface area contributed by atoms with E-state index >= 15 is 0 Å². The molecular formula is C28H28N2O5S. The van der Waals surface area contributed by atoms with Crippen LogP contribution in [-0.4, -0.2) is 47.7 Å². The summed E-state index contributed by atoms with van der Waals surface area (Å²) in [4.78, 5) is 42.8. The number of benzene rings is 2. The molecular weight excluding hydrogens is 476 g/mol. The van der Waals surface area contributed by atoms with Crippen LogP contribution in [0.15, 0.2) is 59.3 Å². The second-order valence-electron chi connectivity index (χ2n) is 9.03. The van der Waals surface area contributed by atoms with Crippen LogP contribution in [0.5, 0.6) is 11.5 Å². The highest BCUT2D eigenvalue weighted by molar-refractivity contribution is 7.08. The molecule has 0 spiro atoms. The van der Waals surface area contributed by atoms with E-state index in [1.807, 2.05) is 41.3 Å². The zero-order valence-electron chi connectivity index (χ0n) is 20.1.